The van der Waals surface area contributed by atoms with E-state index in [0.29, 0.717) is 11.8 Å². The lowest BCUT2D eigenvalue weighted by Gasteiger charge is -2.40. The average molecular weight is 290 g/mol. The third-order valence-electron chi connectivity index (χ3n) is 5.71. The van der Waals surface area contributed by atoms with Gasteiger partial charge < -0.3 is 19.3 Å². The Morgan fingerprint density at radius 2 is 2.24 bits per heavy atom. The van der Waals surface area contributed by atoms with E-state index in [0.717, 1.165) is 11.3 Å². The van der Waals surface area contributed by atoms with Crippen molar-refractivity contribution in [2.24, 2.45) is 17.3 Å². The molecule has 0 aromatic heterocycles. The highest BCUT2D eigenvalue weighted by molar-refractivity contribution is 5.58. The van der Waals surface area contributed by atoms with Gasteiger partial charge in [-0.05, 0) is 42.4 Å². The molecule has 0 aromatic carbocycles. The Morgan fingerprint density at radius 1 is 1.48 bits per heavy atom. The molecule has 21 heavy (non-hydrogen) atoms. The van der Waals surface area contributed by atoms with Gasteiger partial charge in [0, 0.05) is 18.1 Å². The number of methoxy groups -OCH3 is 1. The summed E-state index contributed by atoms with van der Waals surface area (Å²) in [7, 11) is 1.62. The predicted octanol–water partition coefficient (Wildman–Crippen LogP) is 2.16. The molecule has 2 saturated carbocycles. The zero-order chi connectivity index (χ0) is 15.0. The first-order chi connectivity index (χ1) is 9.91. The summed E-state index contributed by atoms with van der Waals surface area (Å²) < 4.78 is 16.9. The molecule has 0 aromatic rings. The molecule has 114 valence electrons. The standard InChI is InChI=1S/C17H22O4/c1-9-10-5-12(10)17(3)11(9)6-13-14(15(17)21-8-19-4)20-7-16(13,2)18/h6,10,12,15,18H,1,5,7-8H2,2-4H3/t10-,12-,15+,16?,17-/m1/s1. The SMILES string of the molecule is C=C1C2=CC3=C(OCC3(C)O)[C@H](OCOC)[C@@]2(C)[C@@H]2C[C@H]12. The summed E-state index contributed by atoms with van der Waals surface area (Å²) in [6.07, 6.45) is 3.08. The maximum Gasteiger partial charge on any atom is 0.147 e. The molecule has 3 aliphatic carbocycles. The third-order valence-corrected chi connectivity index (χ3v) is 5.71. The zero-order valence-electron chi connectivity index (χ0n) is 12.8. The largest absolute Gasteiger partial charge is 0.491 e. The number of aliphatic hydroxyl groups is 1. The monoisotopic (exact) mass is 290 g/mol. The molecular weight excluding hydrogens is 268 g/mol. The lowest BCUT2D eigenvalue weighted by molar-refractivity contribution is -0.111. The summed E-state index contributed by atoms with van der Waals surface area (Å²) in [6.45, 7) is 8.82. The lowest BCUT2D eigenvalue weighted by Crippen LogP contribution is -2.41. The van der Waals surface area contributed by atoms with Gasteiger partial charge in [0.15, 0.2) is 0 Å². The molecule has 0 radical (unpaired) electrons. The molecule has 2 fully saturated rings. The van der Waals surface area contributed by atoms with E-state index >= 15 is 0 Å². The van der Waals surface area contributed by atoms with Gasteiger partial charge in [-0.2, -0.15) is 0 Å². The summed E-state index contributed by atoms with van der Waals surface area (Å²) in [5.41, 5.74) is 2.22. The van der Waals surface area contributed by atoms with Crippen LogP contribution in [0.2, 0.25) is 0 Å². The van der Waals surface area contributed by atoms with E-state index in [-0.39, 0.29) is 24.9 Å². The minimum absolute atomic E-state index is 0.112. The van der Waals surface area contributed by atoms with Crippen LogP contribution >= 0.6 is 0 Å². The molecule has 0 amide bonds. The third kappa shape index (κ3) is 1.56. The molecule has 4 aliphatic rings. The van der Waals surface area contributed by atoms with Crippen LogP contribution in [0.1, 0.15) is 20.3 Å². The van der Waals surface area contributed by atoms with E-state index in [1.807, 2.05) is 0 Å². The van der Waals surface area contributed by atoms with Crippen molar-refractivity contribution in [2.75, 3.05) is 20.5 Å². The van der Waals surface area contributed by atoms with Crippen molar-refractivity contribution < 1.29 is 19.3 Å². The van der Waals surface area contributed by atoms with Crippen LogP contribution in [0, 0.1) is 17.3 Å². The second-order valence-electron chi connectivity index (χ2n) is 7.11. The van der Waals surface area contributed by atoms with Crippen LogP contribution in [0.15, 0.2) is 35.1 Å². The molecule has 1 heterocycles. The van der Waals surface area contributed by atoms with Gasteiger partial charge in [-0.3, -0.25) is 0 Å². The highest BCUT2D eigenvalue weighted by Gasteiger charge is 2.66. The summed E-state index contributed by atoms with van der Waals surface area (Å²) in [6, 6.07) is 0. The molecule has 1 unspecified atom stereocenters. The maximum absolute atomic E-state index is 10.6. The van der Waals surface area contributed by atoms with Gasteiger partial charge in [0.05, 0.1) is 0 Å². The van der Waals surface area contributed by atoms with E-state index in [2.05, 4.69) is 19.6 Å². The maximum atomic E-state index is 10.6. The van der Waals surface area contributed by atoms with Crippen molar-refractivity contribution in [3.8, 4) is 0 Å². The predicted molar refractivity (Wildman–Crippen MR) is 77.3 cm³/mol. The molecule has 0 spiro atoms. The zero-order valence-corrected chi connectivity index (χ0v) is 12.8. The second kappa shape index (κ2) is 4.00. The average Bonchev–Trinajstić information content (AvgIpc) is 3.13. The van der Waals surface area contributed by atoms with Crippen molar-refractivity contribution in [3.05, 3.63) is 35.1 Å². The van der Waals surface area contributed by atoms with Crippen LogP contribution in [-0.4, -0.2) is 37.3 Å². The van der Waals surface area contributed by atoms with Gasteiger partial charge in [0.25, 0.3) is 0 Å². The van der Waals surface area contributed by atoms with E-state index < -0.39 is 5.60 Å². The fraction of sp³-hybridized carbons (Fsp3) is 0.647. The van der Waals surface area contributed by atoms with Crippen molar-refractivity contribution >= 4 is 0 Å². The Labute approximate surface area is 125 Å². The minimum atomic E-state index is -0.953. The highest BCUT2D eigenvalue weighted by atomic mass is 16.7. The number of allylic oxidation sites excluding steroid dienone is 1. The van der Waals surface area contributed by atoms with Gasteiger partial charge in [-0.15, -0.1) is 0 Å². The quantitative estimate of drug-likeness (QED) is 0.809. The van der Waals surface area contributed by atoms with Gasteiger partial charge in [0.1, 0.15) is 30.9 Å². The van der Waals surface area contributed by atoms with E-state index in [1.54, 1.807) is 14.0 Å². The molecular formula is C17H22O4. The van der Waals surface area contributed by atoms with Crippen LogP contribution in [0.5, 0.6) is 0 Å². The summed E-state index contributed by atoms with van der Waals surface area (Å²) in [4.78, 5) is 0. The first-order valence-electron chi connectivity index (χ1n) is 7.53. The Morgan fingerprint density at radius 3 is 2.95 bits per heavy atom. The van der Waals surface area contributed by atoms with Crippen LogP contribution in [0.3, 0.4) is 0 Å². The fourth-order valence-electron chi connectivity index (χ4n) is 4.46. The molecule has 0 saturated heterocycles. The number of hydrogen-bond donors (Lipinski definition) is 1. The molecule has 5 atom stereocenters. The van der Waals surface area contributed by atoms with Crippen molar-refractivity contribution in [2.45, 2.75) is 32.0 Å². The first kappa shape index (κ1) is 13.6. The number of fused-ring (bicyclic) bond motifs is 3. The number of hydrogen-bond acceptors (Lipinski definition) is 4. The highest BCUT2D eigenvalue weighted by Crippen LogP contribution is 2.71. The number of rotatable bonds is 3. The Hall–Kier alpha value is -1.10. The molecule has 4 rings (SSSR count). The van der Waals surface area contributed by atoms with Gasteiger partial charge >= 0.3 is 0 Å². The topological polar surface area (TPSA) is 47.9 Å². The fourth-order valence-corrected chi connectivity index (χ4v) is 4.46. The van der Waals surface area contributed by atoms with Crippen LogP contribution < -0.4 is 0 Å². The van der Waals surface area contributed by atoms with Gasteiger partial charge in [-0.1, -0.05) is 13.5 Å². The van der Waals surface area contributed by atoms with Crippen molar-refractivity contribution in [1.82, 2.24) is 0 Å². The molecule has 0 bridgehead atoms. The van der Waals surface area contributed by atoms with E-state index in [1.165, 1.54) is 17.6 Å². The normalized spacial score (nSPS) is 46.8. The second-order valence-corrected chi connectivity index (χ2v) is 7.11. The lowest BCUT2D eigenvalue weighted by atomic mass is 9.69. The van der Waals surface area contributed by atoms with E-state index in [4.69, 9.17) is 14.2 Å². The van der Waals surface area contributed by atoms with Gasteiger partial charge in [-0.25, -0.2) is 0 Å². The van der Waals surface area contributed by atoms with Crippen LogP contribution in [0.25, 0.3) is 0 Å². The summed E-state index contributed by atoms with van der Waals surface area (Å²) >= 11 is 0. The first-order valence-corrected chi connectivity index (χ1v) is 7.53. The number of ether oxygens (including phenoxy) is 3. The van der Waals surface area contributed by atoms with Crippen LogP contribution in [0.4, 0.5) is 0 Å². The smallest absolute Gasteiger partial charge is 0.147 e. The molecule has 4 nitrogen and oxygen atoms in total. The van der Waals surface area contributed by atoms with Crippen molar-refractivity contribution in [3.63, 3.8) is 0 Å². The molecule has 4 heteroatoms. The summed E-state index contributed by atoms with van der Waals surface area (Å²) in [5, 5.41) is 10.6. The van der Waals surface area contributed by atoms with E-state index in [9.17, 15) is 5.11 Å². The van der Waals surface area contributed by atoms with Gasteiger partial charge in [0.2, 0.25) is 0 Å². The Bertz CT molecular complexity index is 586. The van der Waals surface area contributed by atoms with Crippen molar-refractivity contribution in [1.29, 1.82) is 0 Å². The summed E-state index contributed by atoms with van der Waals surface area (Å²) in [5.74, 6) is 1.92. The minimum Gasteiger partial charge on any atom is -0.491 e. The Balaban J connectivity index is 1.83. The van der Waals surface area contributed by atoms with Crippen LogP contribution in [-0.2, 0) is 14.2 Å². The molecule has 1 N–H and O–H groups in total. The molecule has 1 aliphatic heterocycles. The Kier molecular flexibility index (Phi) is 2.58.